The molecule has 0 bridgehead atoms. The number of carbonyl (C=O) groups is 1. The van der Waals surface area contributed by atoms with Crippen LogP contribution in [-0.4, -0.2) is 30.9 Å². The molecule has 0 saturated heterocycles. The minimum atomic E-state index is -0.369. The summed E-state index contributed by atoms with van der Waals surface area (Å²) >= 11 is 1.34. The van der Waals surface area contributed by atoms with Crippen LogP contribution in [0.3, 0.4) is 0 Å². The first-order valence-corrected chi connectivity index (χ1v) is 9.91. The monoisotopic (exact) mass is 409 g/mol. The zero-order chi connectivity index (χ0) is 20.1. The molecule has 0 aromatic carbocycles. The van der Waals surface area contributed by atoms with Gasteiger partial charge in [-0.25, -0.2) is 0 Å². The molecule has 9 heteroatoms. The van der Waals surface area contributed by atoms with Crippen LogP contribution in [0.1, 0.15) is 18.4 Å². The molecule has 4 rings (SSSR count). The average molecular weight is 409 g/mol. The minimum absolute atomic E-state index is 0.109. The number of hydrogen-bond donors (Lipinski definition) is 1. The molecule has 4 aromatic rings. The summed E-state index contributed by atoms with van der Waals surface area (Å²) in [6, 6.07) is 11.1. The third-order valence-electron chi connectivity index (χ3n) is 4.20. The molecule has 1 amide bonds. The van der Waals surface area contributed by atoms with Gasteiger partial charge in [-0.05, 0) is 43.3 Å². The zero-order valence-corrected chi connectivity index (χ0v) is 16.5. The number of nitrogens with one attached hydrogen (secondary N) is 1. The largest absolute Gasteiger partial charge is 0.467 e. The number of amides is 1. The topological polar surface area (TPSA) is 99.0 Å². The van der Waals surface area contributed by atoms with Gasteiger partial charge < -0.3 is 14.2 Å². The van der Waals surface area contributed by atoms with Crippen molar-refractivity contribution in [3.05, 3.63) is 72.8 Å². The molecule has 0 spiro atoms. The predicted molar refractivity (Wildman–Crippen MR) is 107 cm³/mol. The van der Waals surface area contributed by atoms with Crippen LogP contribution in [0.5, 0.6) is 0 Å². The second-order valence-electron chi connectivity index (χ2n) is 6.27. The van der Waals surface area contributed by atoms with Crippen molar-refractivity contribution >= 4 is 17.7 Å². The SMILES string of the molecule is CC(Sc1nnc(-c2cccnc2)n1Cc1ccco1)C(=O)NCc1ccco1. The van der Waals surface area contributed by atoms with Crippen LogP contribution in [-0.2, 0) is 17.9 Å². The van der Waals surface area contributed by atoms with Gasteiger partial charge in [0.1, 0.15) is 11.5 Å². The summed E-state index contributed by atoms with van der Waals surface area (Å²) in [5, 5.41) is 11.8. The smallest absolute Gasteiger partial charge is 0.233 e. The van der Waals surface area contributed by atoms with Crippen LogP contribution in [0.15, 0.2) is 75.3 Å². The van der Waals surface area contributed by atoms with E-state index in [9.17, 15) is 4.79 Å². The predicted octanol–water partition coefficient (Wildman–Crippen LogP) is 3.37. The highest BCUT2D eigenvalue weighted by atomic mass is 32.2. The third-order valence-corrected chi connectivity index (χ3v) is 5.28. The van der Waals surface area contributed by atoms with Crippen molar-refractivity contribution in [2.75, 3.05) is 0 Å². The van der Waals surface area contributed by atoms with Gasteiger partial charge in [0.25, 0.3) is 0 Å². The Hall–Kier alpha value is -3.33. The molecule has 0 aliphatic heterocycles. The molecule has 148 valence electrons. The van der Waals surface area contributed by atoms with E-state index in [2.05, 4.69) is 20.5 Å². The maximum absolute atomic E-state index is 12.5. The maximum atomic E-state index is 12.5. The van der Waals surface area contributed by atoms with E-state index in [1.807, 2.05) is 41.8 Å². The van der Waals surface area contributed by atoms with Gasteiger partial charge in [-0.3, -0.25) is 14.3 Å². The van der Waals surface area contributed by atoms with E-state index in [4.69, 9.17) is 8.83 Å². The van der Waals surface area contributed by atoms with Crippen LogP contribution in [0, 0.1) is 0 Å². The van der Waals surface area contributed by atoms with Crippen LogP contribution in [0.4, 0.5) is 0 Å². The van der Waals surface area contributed by atoms with E-state index in [1.54, 1.807) is 31.0 Å². The van der Waals surface area contributed by atoms with Gasteiger partial charge in [0, 0.05) is 18.0 Å². The molecule has 1 unspecified atom stereocenters. The molecular formula is C20H19N5O3S. The second kappa shape index (κ2) is 8.78. The lowest BCUT2D eigenvalue weighted by Gasteiger charge is -2.13. The van der Waals surface area contributed by atoms with Gasteiger partial charge >= 0.3 is 0 Å². The Balaban J connectivity index is 1.53. The molecular weight excluding hydrogens is 390 g/mol. The number of aromatic nitrogens is 4. The molecule has 29 heavy (non-hydrogen) atoms. The molecule has 0 radical (unpaired) electrons. The first kappa shape index (κ1) is 19.0. The molecule has 8 nitrogen and oxygen atoms in total. The molecule has 0 fully saturated rings. The number of thioether (sulfide) groups is 1. The van der Waals surface area contributed by atoms with Gasteiger partial charge in [-0.2, -0.15) is 0 Å². The fourth-order valence-corrected chi connectivity index (χ4v) is 3.60. The molecule has 1 N–H and O–H groups in total. The lowest BCUT2D eigenvalue weighted by atomic mass is 10.2. The van der Waals surface area contributed by atoms with E-state index < -0.39 is 0 Å². The van der Waals surface area contributed by atoms with Crippen molar-refractivity contribution in [3.8, 4) is 11.4 Å². The Morgan fingerprint density at radius 3 is 2.62 bits per heavy atom. The maximum Gasteiger partial charge on any atom is 0.233 e. The van der Waals surface area contributed by atoms with Crippen molar-refractivity contribution in [2.24, 2.45) is 0 Å². The highest BCUT2D eigenvalue weighted by molar-refractivity contribution is 8.00. The second-order valence-corrected chi connectivity index (χ2v) is 7.58. The molecule has 0 saturated carbocycles. The average Bonchev–Trinajstić information content (AvgIpc) is 3.50. The van der Waals surface area contributed by atoms with Crippen molar-refractivity contribution in [1.82, 2.24) is 25.1 Å². The van der Waals surface area contributed by atoms with Crippen LogP contribution < -0.4 is 5.32 Å². The highest BCUT2D eigenvalue weighted by Crippen LogP contribution is 2.27. The summed E-state index contributed by atoms with van der Waals surface area (Å²) in [7, 11) is 0. The standard InChI is InChI=1S/C20H19N5O3S/c1-14(19(26)22-12-16-6-3-9-27-16)29-20-24-23-18(15-5-2-8-21-11-15)25(20)13-17-7-4-10-28-17/h2-11,14H,12-13H2,1H3,(H,22,26). The normalized spacial score (nSPS) is 12.0. The van der Waals surface area contributed by atoms with Gasteiger partial charge in [-0.15, -0.1) is 10.2 Å². The highest BCUT2D eigenvalue weighted by Gasteiger charge is 2.21. The van der Waals surface area contributed by atoms with Gasteiger partial charge in [-0.1, -0.05) is 11.8 Å². The minimum Gasteiger partial charge on any atom is -0.467 e. The van der Waals surface area contributed by atoms with Crippen molar-refractivity contribution in [2.45, 2.75) is 30.4 Å². The van der Waals surface area contributed by atoms with Gasteiger partial charge in [0.2, 0.25) is 5.91 Å². The number of hydrogen-bond acceptors (Lipinski definition) is 7. The summed E-state index contributed by atoms with van der Waals surface area (Å²) in [5.41, 5.74) is 0.841. The Kier molecular flexibility index (Phi) is 5.76. The number of furan rings is 2. The van der Waals surface area contributed by atoms with Crippen molar-refractivity contribution in [3.63, 3.8) is 0 Å². The van der Waals surface area contributed by atoms with E-state index in [0.29, 0.717) is 29.8 Å². The Morgan fingerprint density at radius 1 is 1.14 bits per heavy atom. The van der Waals surface area contributed by atoms with Crippen LogP contribution >= 0.6 is 11.8 Å². The van der Waals surface area contributed by atoms with E-state index in [0.717, 1.165) is 11.3 Å². The first-order valence-electron chi connectivity index (χ1n) is 9.03. The lowest BCUT2D eigenvalue weighted by molar-refractivity contribution is -0.120. The van der Waals surface area contributed by atoms with E-state index in [1.165, 1.54) is 11.8 Å². The molecule has 4 heterocycles. The van der Waals surface area contributed by atoms with Gasteiger partial charge in [0.15, 0.2) is 11.0 Å². The first-order chi connectivity index (χ1) is 14.2. The zero-order valence-electron chi connectivity index (χ0n) is 15.7. The van der Waals surface area contributed by atoms with E-state index in [-0.39, 0.29) is 11.2 Å². The van der Waals surface area contributed by atoms with Crippen LogP contribution in [0.2, 0.25) is 0 Å². The van der Waals surface area contributed by atoms with Crippen molar-refractivity contribution in [1.29, 1.82) is 0 Å². The van der Waals surface area contributed by atoms with Crippen LogP contribution in [0.25, 0.3) is 11.4 Å². The third kappa shape index (κ3) is 4.57. The lowest BCUT2D eigenvalue weighted by Crippen LogP contribution is -2.30. The Labute approximate surface area is 171 Å². The number of carbonyl (C=O) groups excluding carboxylic acids is 1. The van der Waals surface area contributed by atoms with E-state index >= 15 is 0 Å². The molecule has 4 aromatic heterocycles. The number of rotatable bonds is 8. The summed E-state index contributed by atoms with van der Waals surface area (Å²) in [6.45, 7) is 2.63. The summed E-state index contributed by atoms with van der Waals surface area (Å²) in [4.78, 5) is 16.7. The Bertz CT molecular complexity index is 1050. The fourth-order valence-electron chi connectivity index (χ4n) is 2.73. The molecule has 1 atom stereocenters. The van der Waals surface area contributed by atoms with Crippen molar-refractivity contribution < 1.29 is 13.6 Å². The number of pyridine rings is 1. The quantitative estimate of drug-likeness (QED) is 0.445. The number of nitrogens with zero attached hydrogens (tertiary/aromatic N) is 4. The summed E-state index contributed by atoms with van der Waals surface area (Å²) in [6.07, 6.45) is 6.64. The van der Waals surface area contributed by atoms with Gasteiger partial charge in [0.05, 0.1) is 30.9 Å². The fraction of sp³-hybridized carbons (Fsp3) is 0.200. The Morgan fingerprint density at radius 2 is 1.93 bits per heavy atom. The summed E-state index contributed by atoms with van der Waals surface area (Å²) < 4.78 is 12.7. The molecule has 0 aliphatic carbocycles. The summed E-state index contributed by atoms with van der Waals surface area (Å²) in [5.74, 6) is 2.03. The molecule has 0 aliphatic rings.